The van der Waals surface area contributed by atoms with Crippen molar-refractivity contribution < 1.29 is 28.2 Å². The van der Waals surface area contributed by atoms with Crippen molar-refractivity contribution in [1.82, 2.24) is 0 Å². The summed E-state index contributed by atoms with van der Waals surface area (Å²) < 4.78 is 29.7. The minimum atomic E-state index is -4.16. The molecule has 0 N–H and O–H groups in total. The molecule has 0 saturated carbocycles. The lowest BCUT2D eigenvalue weighted by Gasteiger charge is -2.25. The van der Waals surface area contributed by atoms with Crippen molar-refractivity contribution >= 4 is 27.9 Å². The van der Waals surface area contributed by atoms with Crippen LogP contribution in [-0.4, -0.2) is 29.3 Å². The highest BCUT2D eigenvalue weighted by atomic mass is 79.9. The molecule has 0 saturated heterocycles. The molecule has 82 valence electrons. The van der Waals surface area contributed by atoms with Crippen LogP contribution in [0.5, 0.6) is 0 Å². The van der Waals surface area contributed by atoms with Crippen LogP contribution in [0.25, 0.3) is 0 Å². The molecule has 0 aromatic heterocycles. The van der Waals surface area contributed by atoms with Gasteiger partial charge < -0.3 is 14.6 Å². The van der Waals surface area contributed by atoms with Gasteiger partial charge in [0.15, 0.2) is 6.10 Å². The Labute approximate surface area is 87.4 Å². The number of alkyl halides is 3. The van der Waals surface area contributed by atoms with E-state index in [1.54, 1.807) is 0 Å². The van der Waals surface area contributed by atoms with Crippen molar-refractivity contribution in [2.24, 2.45) is 0 Å². The van der Waals surface area contributed by atoms with Crippen molar-refractivity contribution in [1.29, 1.82) is 0 Å². The van der Waals surface area contributed by atoms with Crippen molar-refractivity contribution in [2.45, 2.75) is 25.4 Å². The van der Waals surface area contributed by atoms with Crippen LogP contribution in [-0.2, 0) is 14.3 Å². The van der Waals surface area contributed by atoms with Gasteiger partial charge >= 0.3 is 11.9 Å². The number of hydrogen-bond acceptors (Lipinski definition) is 4. The average Bonchev–Trinajstić information content (AvgIpc) is 2.12. The van der Waals surface area contributed by atoms with Gasteiger partial charge in [-0.15, -0.1) is 0 Å². The van der Waals surface area contributed by atoms with Crippen LogP contribution in [0, 0.1) is 0 Å². The van der Waals surface area contributed by atoms with Gasteiger partial charge in [-0.25, -0.2) is 0 Å². The molecule has 0 bridgehead atoms. The quantitative estimate of drug-likeness (QED) is 0.526. The number of carboxylic acids is 1. The van der Waals surface area contributed by atoms with Crippen LogP contribution in [0.3, 0.4) is 0 Å². The number of carboxylic acid groups (broad SMARTS) is 1. The fraction of sp³-hybridized carbons (Fsp3) is 0.714. The Morgan fingerprint density at radius 1 is 1.57 bits per heavy atom. The Morgan fingerprint density at radius 3 is 2.36 bits per heavy atom. The molecule has 1 atom stereocenters. The molecule has 0 aromatic rings. The monoisotopic (exact) mass is 273 g/mol. The summed E-state index contributed by atoms with van der Waals surface area (Å²) in [4.78, 5) is 20.7. The van der Waals surface area contributed by atoms with E-state index in [2.05, 4.69) is 20.7 Å². The van der Waals surface area contributed by atoms with Crippen LogP contribution in [0.1, 0.15) is 13.3 Å². The molecule has 0 radical (unpaired) electrons. The zero-order valence-electron chi connectivity index (χ0n) is 7.26. The second-order valence-electron chi connectivity index (χ2n) is 2.43. The van der Waals surface area contributed by atoms with Gasteiger partial charge in [-0.2, -0.15) is 8.78 Å². The Bertz CT molecular complexity index is 232. The van der Waals surface area contributed by atoms with Crippen molar-refractivity contribution in [3.63, 3.8) is 0 Å². The zero-order chi connectivity index (χ0) is 11.4. The number of carbonyl (C=O) groups is 2. The Kier molecular flexibility index (Phi) is 4.96. The molecular weight excluding hydrogens is 266 g/mol. The summed E-state index contributed by atoms with van der Waals surface area (Å²) in [5.41, 5.74) is 0. The molecule has 7 heteroatoms. The molecule has 0 rings (SSSR count). The van der Waals surface area contributed by atoms with E-state index < -0.39 is 24.0 Å². The van der Waals surface area contributed by atoms with Gasteiger partial charge in [0.05, 0.1) is 0 Å². The first-order valence-electron chi connectivity index (χ1n) is 3.71. The lowest BCUT2D eigenvalue weighted by molar-refractivity contribution is -0.336. The number of aliphatic carboxylic acids is 1. The fourth-order valence-corrected chi connectivity index (χ4v) is 0.867. The Hall–Kier alpha value is -0.720. The molecule has 0 amide bonds. The molecule has 0 fully saturated rings. The molecule has 0 aliphatic carbocycles. The number of halogens is 3. The summed E-state index contributed by atoms with van der Waals surface area (Å²) in [6, 6.07) is 0. The maximum Gasteiger partial charge on any atom is 0.323 e. The first-order chi connectivity index (χ1) is 6.36. The maximum atomic E-state index is 12.8. The van der Waals surface area contributed by atoms with E-state index in [1.165, 1.54) is 6.92 Å². The summed E-state index contributed by atoms with van der Waals surface area (Å²) in [5, 5.41) is 9.76. The topological polar surface area (TPSA) is 66.4 Å². The third-order valence-electron chi connectivity index (χ3n) is 1.43. The Morgan fingerprint density at radius 2 is 2.07 bits per heavy atom. The number of hydrogen-bond donors (Lipinski definition) is 0. The summed E-state index contributed by atoms with van der Waals surface area (Å²) >= 11 is 2.69. The Balaban J connectivity index is 4.55. The average molecular weight is 274 g/mol. The highest BCUT2D eigenvalue weighted by Gasteiger charge is 2.42. The maximum absolute atomic E-state index is 12.8. The molecule has 0 heterocycles. The first-order valence-corrected chi connectivity index (χ1v) is 4.83. The molecule has 4 nitrogen and oxygen atoms in total. The minimum absolute atomic E-state index is 0.271. The summed E-state index contributed by atoms with van der Waals surface area (Å²) in [5.74, 6) is -7.66. The number of carbonyl (C=O) groups excluding carboxylic acids is 2. The van der Waals surface area contributed by atoms with Crippen LogP contribution in [0.4, 0.5) is 8.78 Å². The molecule has 0 spiro atoms. The summed E-state index contributed by atoms with van der Waals surface area (Å²) in [6.45, 7) is 1.28. The van der Waals surface area contributed by atoms with Crippen LogP contribution >= 0.6 is 15.9 Å². The highest BCUT2D eigenvalue weighted by Crippen LogP contribution is 2.23. The van der Waals surface area contributed by atoms with Crippen LogP contribution < -0.4 is 5.11 Å². The number of esters is 1. The minimum Gasteiger partial charge on any atom is -0.544 e. The largest absolute Gasteiger partial charge is 0.544 e. The first kappa shape index (κ1) is 13.3. The van der Waals surface area contributed by atoms with E-state index in [1.807, 2.05) is 0 Å². The predicted octanol–water partition coefficient (Wildman–Crippen LogP) is 0.0883. The van der Waals surface area contributed by atoms with E-state index >= 15 is 0 Å². The SMILES string of the molecule is CCC(OC(=O)CBr)C(F)(F)C(=O)[O-]. The van der Waals surface area contributed by atoms with E-state index in [0.29, 0.717) is 0 Å². The summed E-state index contributed by atoms with van der Waals surface area (Å²) in [7, 11) is 0. The van der Waals surface area contributed by atoms with Gasteiger partial charge in [0.1, 0.15) is 11.3 Å². The van der Waals surface area contributed by atoms with Gasteiger partial charge in [-0.1, -0.05) is 22.9 Å². The second-order valence-corrected chi connectivity index (χ2v) is 2.99. The number of rotatable bonds is 5. The van der Waals surface area contributed by atoms with E-state index in [0.717, 1.165) is 0 Å². The van der Waals surface area contributed by atoms with Crippen LogP contribution in [0.15, 0.2) is 0 Å². The van der Waals surface area contributed by atoms with Gasteiger partial charge in [0.2, 0.25) is 0 Å². The predicted molar refractivity (Wildman–Crippen MR) is 43.9 cm³/mol. The van der Waals surface area contributed by atoms with E-state index in [-0.39, 0.29) is 11.8 Å². The number of ether oxygens (including phenoxy) is 1. The van der Waals surface area contributed by atoms with Gasteiger partial charge in [0.25, 0.3) is 0 Å². The van der Waals surface area contributed by atoms with E-state index in [4.69, 9.17) is 0 Å². The lowest BCUT2D eigenvalue weighted by Crippen LogP contribution is -2.51. The smallest absolute Gasteiger partial charge is 0.323 e. The van der Waals surface area contributed by atoms with Gasteiger partial charge in [-0.3, -0.25) is 4.79 Å². The standard InChI is InChI=1S/C7H9BrF2O4/c1-2-4(14-5(11)3-8)7(9,10)6(12)13/h4H,2-3H2,1H3,(H,12,13)/p-1. The molecule has 0 aliphatic rings. The van der Waals surface area contributed by atoms with E-state index in [9.17, 15) is 23.5 Å². The lowest BCUT2D eigenvalue weighted by atomic mass is 10.1. The third-order valence-corrected chi connectivity index (χ3v) is 1.89. The molecule has 0 aliphatic heterocycles. The summed E-state index contributed by atoms with van der Waals surface area (Å²) in [6.07, 6.45) is -2.29. The van der Waals surface area contributed by atoms with Gasteiger partial charge in [0, 0.05) is 0 Å². The van der Waals surface area contributed by atoms with Crippen molar-refractivity contribution in [2.75, 3.05) is 5.33 Å². The van der Waals surface area contributed by atoms with Gasteiger partial charge in [-0.05, 0) is 6.42 Å². The highest BCUT2D eigenvalue weighted by molar-refractivity contribution is 9.09. The van der Waals surface area contributed by atoms with Crippen molar-refractivity contribution in [3.8, 4) is 0 Å². The second kappa shape index (κ2) is 5.23. The molecule has 14 heavy (non-hydrogen) atoms. The third kappa shape index (κ3) is 3.21. The van der Waals surface area contributed by atoms with Crippen molar-refractivity contribution in [3.05, 3.63) is 0 Å². The molecule has 1 unspecified atom stereocenters. The molecule has 0 aromatic carbocycles. The fourth-order valence-electron chi connectivity index (χ4n) is 0.735. The molecular formula is C7H8BrF2O4-. The van der Waals surface area contributed by atoms with Crippen LogP contribution in [0.2, 0.25) is 0 Å². The normalized spacial score (nSPS) is 13.4. The zero-order valence-corrected chi connectivity index (χ0v) is 8.84.